The summed E-state index contributed by atoms with van der Waals surface area (Å²) in [5.74, 6) is 0.790. The van der Waals surface area contributed by atoms with Crippen LogP contribution < -0.4 is 10.6 Å². The van der Waals surface area contributed by atoms with E-state index in [1.165, 1.54) is 19.4 Å². The molecular weight excluding hydrogens is 405 g/mol. The van der Waals surface area contributed by atoms with E-state index in [0.29, 0.717) is 12.6 Å². The van der Waals surface area contributed by atoms with E-state index in [1.807, 2.05) is 18.2 Å². The van der Waals surface area contributed by atoms with Gasteiger partial charge in [0.15, 0.2) is 5.96 Å². The van der Waals surface area contributed by atoms with E-state index in [-0.39, 0.29) is 30.1 Å². The lowest BCUT2D eigenvalue weighted by Gasteiger charge is -2.35. The first kappa shape index (κ1) is 18.4. The highest BCUT2D eigenvalue weighted by Crippen LogP contribution is 2.22. The maximum atomic E-state index is 5.95. The molecule has 0 saturated carbocycles. The Morgan fingerprint density at radius 1 is 1.43 bits per heavy atom. The molecule has 1 aromatic heterocycles. The van der Waals surface area contributed by atoms with Crippen LogP contribution in [0.5, 0.6) is 0 Å². The van der Waals surface area contributed by atoms with Gasteiger partial charge in [-0.1, -0.05) is 6.07 Å². The predicted molar refractivity (Wildman–Crippen MR) is 102 cm³/mol. The van der Waals surface area contributed by atoms with Gasteiger partial charge in [0.25, 0.3) is 0 Å². The van der Waals surface area contributed by atoms with Crippen LogP contribution in [0, 0.1) is 0 Å². The molecule has 2 N–H and O–H groups in total. The maximum absolute atomic E-state index is 5.95. The van der Waals surface area contributed by atoms with Crippen LogP contribution in [-0.2, 0) is 11.3 Å². The van der Waals surface area contributed by atoms with E-state index in [1.54, 1.807) is 13.2 Å². The lowest BCUT2D eigenvalue weighted by Crippen LogP contribution is -2.51. The number of aliphatic imine (C=N–C) groups is 1. The van der Waals surface area contributed by atoms with Crippen molar-refractivity contribution in [2.45, 2.75) is 31.5 Å². The molecule has 2 atom stereocenters. The summed E-state index contributed by atoms with van der Waals surface area (Å²) in [6.45, 7) is 4.56. The summed E-state index contributed by atoms with van der Waals surface area (Å²) in [4.78, 5) is 11.1. The molecule has 23 heavy (non-hydrogen) atoms. The normalized spacial score (nSPS) is 24.7. The minimum Gasteiger partial charge on any atom is -0.373 e. The van der Waals surface area contributed by atoms with Crippen molar-refractivity contribution in [2.24, 2.45) is 4.99 Å². The van der Waals surface area contributed by atoms with E-state index in [2.05, 4.69) is 25.5 Å². The standard InChI is InChI=1S/C16H25N5O.HI/c1-17-16(19-9-13-5-2-3-7-18-13)20-10-15-11-21-8-4-6-14(21)12-22-15;/h2-3,5,7,14-15H,4,6,8-12H2,1H3,(H2,17,19,20);1H. The highest BCUT2D eigenvalue weighted by atomic mass is 127. The Bertz CT molecular complexity index is 499. The van der Waals surface area contributed by atoms with E-state index < -0.39 is 0 Å². The van der Waals surface area contributed by atoms with Crippen molar-refractivity contribution in [3.05, 3.63) is 30.1 Å². The highest BCUT2D eigenvalue weighted by Gasteiger charge is 2.32. The van der Waals surface area contributed by atoms with Gasteiger partial charge in [0.2, 0.25) is 0 Å². The van der Waals surface area contributed by atoms with Gasteiger partial charge in [-0.2, -0.15) is 0 Å². The lowest BCUT2D eigenvalue weighted by molar-refractivity contribution is -0.0453. The van der Waals surface area contributed by atoms with Crippen LogP contribution in [0.3, 0.4) is 0 Å². The summed E-state index contributed by atoms with van der Waals surface area (Å²) in [6, 6.07) is 6.56. The number of rotatable bonds is 4. The second-order valence-corrected chi connectivity index (χ2v) is 5.87. The molecule has 2 saturated heterocycles. The van der Waals surface area contributed by atoms with Gasteiger partial charge in [-0.15, -0.1) is 24.0 Å². The molecule has 0 bridgehead atoms. The number of hydrogen-bond donors (Lipinski definition) is 2. The lowest BCUT2D eigenvalue weighted by atomic mass is 10.2. The molecule has 2 aliphatic heterocycles. The molecule has 1 aromatic rings. The largest absolute Gasteiger partial charge is 0.373 e. The molecule has 0 aliphatic carbocycles. The van der Waals surface area contributed by atoms with Crippen molar-refractivity contribution >= 4 is 29.9 Å². The third-order valence-electron chi connectivity index (χ3n) is 4.35. The Morgan fingerprint density at radius 3 is 3.13 bits per heavy atom. The van der Waals surface area contributed by atoms with Crippen molar-refractivity contribution in [1.82, 2.24) is 20.5 Å². The zero-order valence-electron chi connectivity index (χ0n) is 13.6. The van der Waals surface area contributed by atoms with Crippen molar-refractivity contribution in [2.75, 3.05) is 33.3 Å². The zero-order chi connectivity index (χ0) is 15.2. The molecule has 0 radical (unpaired) electrons. The van der Waals surface area contributed by atoms with E-state index in [9.17, 15) is 0 Å². The number of guanidine groups is 1. The molecule has 3 heterocycles. The summed E-state index contributed by atoms with van der Waals surface area (Å²) in [5.41, 5.74) is 0.999. The van der Waals surface area contributed by atoms with Crippen molar-refractivity contribution < 1.29 is 4.74 Å². The molecule has 2 fully saturated rings. The molecule has 6 nitrogen and oxygen atoms in total. The maximum Gasteiger partial charge on any atom is 0.191 e. The van der Waals surface area contributed by atoms with Crippen LogP contribution >= 0.6 is 24.0 Å². The van der Waals surface area contributed by atoms with E-state index >= 15 is 0 Å². The number of hydrogen-bond acceptors (Lipinski definition) is 4. The predicted octanol–water partition coefficient (Wildman–Crippen LogP) is 1.23. The second kappa shape index (κ2) is 9.39. The Hall–Kier alpha value is -0.930. The summed E-state index contributed by atoms with van der Waals surface area (Å²) >= 11 is 0. The first-order chi connectivity index (χ1) is 10.8. The van der Waals surface area contributed by atoms with Crippen molar-refractivity contribution in [1.29, 1.82) is 0 Å². The fraction of sp³-hybridized carbons (Fsp3) is 0.625. The van der Waals surface area contributed by atoms with Gasteiger partial charge < -0.3 is 15.4 Å². The van der Waals surface area contributed by atoms with Crippen LogP contribution in [0.2, 0.25) is 0 Å². The Balaban J connectivity index is 0.00000192. The molecule has 2 unspecified atom stereocenters. The molecule has 3 rings (SSSR count). The smallest absolute Gasteiger partial charge is 0.191 e. The van der Waals surface area contributed by atoms with Crippen LogP contribution in [-0.4, -0.2) is 61.3 Å². The molecule has 0 amide bonds. The number of pyridine rings is 1. The third-order valence-corrected chi connectivity index (χ3v) is 4.35. The van der Waals surface area contributed by atoms with Crippen LogP contribution in [0.1, 0.15) is 18.5 Å². The first-order valence-electron chi connectivity index (χ1n) is 8.05. The second-order valence-electron chi connectivity index (χ2n) is 5.87. The van der Waals surface area contributed by atoms with Gasteiger partial charge in [0.1, 0.15) is 0 Å². The monoisotopic (exact) mass is 431 g/mol. The number of aromatic nitrogens is 1. The first-order valence-corrected chi connectivity index (χ1v) is 8.05. The number of nitrogens with zero attached hydrogens (tertiary/aromatic N) is 3. The van der Waals surface area contributed by atoms with Crippen molar-refractivity contribution in [3.8, 4) is 0 Å². The quantitative estimate of drug-likeness (QED) is 0.427. The number of nitrogens with one attached hydrogen (secondary N) is 2. The van der Waals surface area contributed by atoms with E-state index in [4.69, 9.17) is 4.74 Å². The van der Waals surface area contributed by atoms with Gasteiger partial charge in [-0.25, -0.2) is 0 Å². The Labute approximate surface area is 155 Å². The Kier molecular flexibility index (Phi) is 7.51. The van der Waals surface area contributed by atoms with Crippen LogP contribution in [0.25, 0.3) is 0 Å². The van der Waals surface area contributed by atoms with Gasteiger partial charge >= 0.3 is 0 Å². The summed E-state index contributed by atoms with van der Waals surface area (Å²) < 4.78 is 5.95. The molecule has 2 aliphatic rings. The average Bonchev–Trinajstić information content (AvgIpc) is 3.03. The number of halogens is 1. The van der Waals surface area contributed by atoms with Gasteiger partial charge in [0.05, 0.1) is 24.9 Å². The average molecular weight is 431 g/mol. The fourth-order valence-electron chi connectivity index (χ4n) is 3.12. The highest BCUT2D eigenvalue weighted by molar-refractivity contribution is 14.0. The van der Waals surface area contributed by atoms with Gasteiger partial charge in [0, 0.05) is 32.4 Å². The fourth-order valence-corrected chi connectivity index (χ4v) is 3.12. The van der Waals surface area contributed by atoms with Gasteiger partial charge in [-0.3, -0.25) is 14.9 Å². The topological polar surface area (TPSA) is 61.8 Å². The van der Waals surface area contributed by atoms with Crippen LogP contribution in [0.4, 0.5) is 0 Å². The minimum atomic E-state index is 0. The van der Waals surface area contributed by atoms with Crippen molar-refractivity contribution in [3.63, 3.8) is 0 Å². The molecule has 0 aromatic carbocycles. The third kappa shape index (κ3) is 5.29. The molecular formula is C16H26IN5O. The SMILES string of the molecule is CN=C(NCc1ccccn1)NCC1CN2CCCC2CO1.I. The van der Waals surface area contributed by atoms with Gasteiger partial charge in [-0.05, 0) is 31.5 Å². The summed E-state index contributed by atoms with van der Waals surface area (Å²) in [6.07, 6.45) is 4.63. The van der Waals surface area contributed by atoms with Crippen LogP contribution in [0.15, 0.2) is 29.4 Å². The summed E-state index contributed by atoms with van der Waals surface area (Å²) in [5, 5.41) is 6.63. The minimum absolute atomic E-state index is 0. The molecule has 128 valence electrons. The molecule has 0 spiro atoms. The Morgan fingerprint density at radius 2 is 2.35 bits per heavy atom. The number of ether oxygens (including phenoxy) is 1. The zero-order valence-corrected chi connectivity index (χ0v) is 15.9. The molecule has 7 heteroatoms. The summed E-state index contributed by atoms with van der Waals surface area (Å²) in [7, 11) is 1.78. The number of fused-ring (bicyclic) bond motifs is 1. The number of morpholine rings is 1. The van der Waals surface area contributed by atoms with E-state index in [0.717, 1.165) is 31.3 Å².